The van der Waals surface area contributed by atoms with Crippen LogP contribution in [0.3, 0.4) is 0 Å². The Bertz CT molecular complexity index is 828. The van der Waals surface area contributed by atoms with Gasteiger partial charge in [-0.2, -0.15) is 0 Å². The summed E-state index contributed by atoms with van der Waals surface area (Å²) in [6.07, 6.45) is 1.77. The van der Waals surface area contributed by atoms with Crippen LogP contribution in [-0.4, -0.2) is 48.8 Å². The molecule has 8 nitrogen and oxygen atoms in total. The van der Waals surface area contributed by atoms with Crippen LogP contribution in [-0.2, 0) is 14.2 Å². The molecule has 0 bridgehead atoms. The van der Waals surface area contributed by atoms with Gasteiger partial charge in [0.05, 0.1) is 11.0 Å². The molecule has 0 aliphatic carbocycles. The van der Waals surface area contributed by atoms with Gasteiger partial charge in [-0.15, -0.1) is 0 Å². The van der Waals surface area contributed by atoms with Crippen molar-refractivity contribution in [1.29, 1.82) is 0 Å². The maximum absolute atomic E-state index is 10.6. The van der Waals surface area contributed by atoms with Crippen molar-refractivity contribution in [3.05, 3.63) is 18.6 Å². The molecule has 4 heterocycles. The number of nitrogens with two attached hydrogens (primary N) is 1. The molecule has 2 aliphatic heterocycles. The summed E-state index contributed by atoms with van der Waals surface area (Å²) in [6, 6.07) is 1.85. The second kappa shape index (κ2) is 4.91. The van der Waals surface area contributed by atoms with Crippen molar-refractivity contribution in [2.24, 2.45) is 0 Å². The van der Waals surface area contributed by atoms with Crippen LogP contribution in [0.4, 0.5) is 5.82 Å². The molecule has 2 aromatic heterocycles. The number of nitrogens with zero attached hydrogens (tertiary/aromatic N) is 3. The van der Waals surface area contributed by atoms with E-state index >= 15 is 0 Å². The highest BCUT2D eigenvalue weighted by molar-refractivity contribution is 5.86. The molecule has 2 aliphatic rings. The van der Waals surface area contributed by atoms with Gasteiger partial charge in [0.25, 0.3) is 0 Å². The van der Waals surface area contributed by atoms with E-state index in [1.54, 1.807) is 13.8 Å². The molecule has 25 heavy (non-hydrogen) atoms. The first-order chi connectivity index (χ1) is 11.5. The maximum atomic E-state index is 10.6. The van der Waals surface area contributed by atoms with Crippen molar-refractivity contribution in [3.63, 3.8) is 0 Å². The molecule has 4 rings (SSSR count). The fraction of sp³-hybridized carbons (Fsp3) is 0.647. The predicted molar refractivity (Wildman–Crippen MR) is 90.6 cm³/mol. The van der Waals surface area contributed by atoms with Crippen LogP contribution in [0.25, 0.3) is 11.0 Å². The van der Waals surface area contributed by atoms with E-state index in [2.05, 4.69) is 9.97 Å². The Morgan fingerprint density at radius 2 is 2.00 bits per heavy atom. The summed E-state index contributed by atoms with van der Waals surface area (Å²) in [5.41, 5.74) is 4.71. The SMILES string of the molecule is CC1(C)O[C@@H]2[C@@H](C(C)(C)O)O[C@@H](n3ccc4c(N)ncnc43)[C@]2(C)O1. The van der Waals surface area contributed by atoms with E-state index in [1.165, 1.54) is 6.33 Å². The van der Waals surface area contributed by atoms with Gasteiger partial charge in [-0.1, -0.05) is 0 Å². The summed E-state index contributed by atoms with van der Waals surface area (Å²) in [6.45, 7) is 9.09. The van der Waals surface area contributed by atoms with Crippen LogP contribution < -0.4 is 5.73 Å². The number of hydrogen-bond acceptors (Lipinski definition) is 7. The first-order valence-corrected chi connectivity index (χ1v) is 8.36. The molecule has 2 aromatic rings. The zero-order valence-electron chi connectivity index (χ0n) is 15.1. The largest absolute Gasteiger partial charge is 0.388 e. The second-order valence-electron chi connectivity index (χ2n) is 8.01. The van der Waals surface area contributed by atoms with Crippen molar-refractivity contribution in [1.82, 2.24) is 14.5 Å². The number of anilines is 1. The highest BCUT2D eigenvalue weighted by atomic mass is 16.8. The van der Waals surface area contributed by atoms with E-state index in [0.717, 1.165) is 5.39 Å². The van der Waals surface area contributed by atoms with E-state index in [9.17, 15) is 5.11 Å². The lowest BCUT2D eigenvalue weighted by molar-refractivity contribution is -0.230. The lowest BCUT2D eigenvalue weighted by Crippen LogP contribution is -2.48. The third kappa shape index (κ3) is 2.36. The Morgan fingerprint density at radius 1 is 1.28 bits per heavy atom. The van der Waals surface area contributed by atoms with Gasteiger partial charge < -0.3 is 29.6 Å². The van der Waals surface area contributed by atoms with Gasteiger partial charge in [0, 0.05) is 6.20 Å². The van der Waals surface area contributed by atoms with Crippen molar-refractivity contribution >= 4 is 16.9 Å². The van der Waals surface area contributed by atoms with Crippen molar-refractivity contribution < 1.29 is 19.3 Å². The van der Waals surface area contributed by atoms with Crippen LogP contribution in [0.5, 0.6) is 0 Å². The Balaban J connectivity index is 1.85. The van der Waals surface area contributed by atoms with E-state index in [1.807, 2.05) is 37.6 Å². The zero-order chi connectivity index (χ0) is 18.2. The minimum atomic E-state index is -1.10. The number of ether oxygens (including phenoxy) is 3. The number of hydrogen-bond donors (Lipinski definition) is 2. The normalized spacial score (nSPS) is 34.6. The average molecular weight is 348 g/mol. The Morgan fingerprint density at radius 3 is 2.68 bits per heavy atom. The molecule has 0 spiro atoms. The molecular formula is C17H24N4O4. The number of aliphatic hydroxyl groups is 1. The first-order valence-electron chi connectivity index (χ1n) is 8.36. The molecule has 8 heteroatoms. The molecule has 136 valence electrons. The third-order valence-corrected chi connectivity index (χ3v) is 4.97. The predicted octanol–water partition coefficient (Wildman–Crippen LogP) is 1.59. The van der Waals surface area contributed by atoms with Crippen LogP contribution in [0.2, 0.25) is 0 Å². The second-order valence-corrected chi connectivity index (χ2v) is 8.01. The molecule has 0 amide bonds. The topological polar surface area (TPSA) is 105 Å². The lowest BCUT2D eigenvalue weighted by atomic mass is 9.89. The maximum Gasteiger partial charge on any atom is 0.167 e. The lowest BCUT2D eigenvalue weighted by Gasteiger charge is -2.31. The molecule has 2 fully saturated rings. The molecular weight excluding hydrogens is 324 g/mol. The molecule has 4 atom stereocenters. The van der Waals surface area contributed by atoms with Crippen LogP contribution >= 0.6 is 0 Å². The fourth-order valence-electron chi connectivity index (χ4n) is 3.99. The molecule has 0 aromatic carbocycles. The number of fused-ring (bicyclic) bond motifs is 2. The monoisotopic (exact) mass is 348 g/mol. The van der Waals surface area contributed by atoms with Gasteiger partial charge in [0.1, 0.15) is 35.6 Å². The van der Waals surface area contributed by atoms with Gasteiger partial charge in [0.15, 0.2) is 12.0 Å². The first kappa shape index (κ1) is 16.7. The Kier molecular flexibility index (Phi) is 3.28. The van der Waals surface area contributed by atoms with Gasteiger partial charge >= 0.3 is 0 Å². The standard InChI is InChI=1S/C17H24N4O4/c1-15(2,22)10-11-17(5,25-16(3,4)24-11)14(23-10)21-7-6-9-12(18)19-8-20-13(9)21/h6-8,10-11,14,22H,1-5H3,(H2,18,19,20)/t10-,11+,14+,17+/m0/s1. The third-order valence-electron chi connectivity index (χ3n) is 4.97. The highest BCUT2D eigenvalue weighted by Gasteiger charge is 2.66. The van der Waals surface area contributed by atoms with Crippen molar-refractivity contribution in [2.45, 2.75) is 70.0 Å². The quantitative estimate of drug-likeness (QED) is 0.849. The molecule has 3 N–H and O–H groups in total. The van der Waals surface area contributed by atoms with Crippen LogP contribution in [0.15, 0.2) is 18.6 Å². The van der Waals surface area contributed by atoms with E-state index in [-0.39, 0.29) is 0 Å². The summed E-state index contributed by atoms with van der Waals surface area (Å²) >= 11 is 0. The number of aromatic nitrogens is 3. The summed E-state index contributed by atoms with van der Waals surface area (Å²) in [4.78, 5) is 8.37. The average Bonchev–Trinajstić information content (AvgIpc) is 3.06. The Hall–Kier alpha value is -1.74. The van der Waals surface area contributed by atoms with Gasteiger partial charge in [-0.25, -0.2) is 9.97 Å². The van der Waals surface area contributed by atoms with E-state index in [0.29, 0.717) is 11.5 Å². The molecule has 0 unspecified atom stereocenters. The highest BCUT2D eigenvalue weighted by Crippen LogP contribution is 2.53. The zero-order valence-corrected chi connectivity index (χ0v) is 15.1. The molecule has 0 radical (unpaired) electrons. The van der Waals surface area contributed by atoms with Crippen molar-refractivity contribution in [3.8, 4) is 0 Å². The van der Waals surface area contributed by atoms with E-state index < -0.39 is 35.4 Å². The van der Waals surface area contributed by atoms with Crippen molar-refractivity contribution in [2.75, 3.05) is 5.73 Å². The molecule has 2 saturated heterocycles. The number of nitrogen functional groups attached to an aromatic ring is 1. The summed E-state index contributed by atoms with van der Waals surface area (Å²) < 4.78 is 20.5. The minimum Gasteiger partial charge on any atom is -0.388 e. The number of rotatable bonds is 2. The summed E-state index contributed by atoms with van der Waals surface area (Å²) in [5.74, 6) is -0.367. The van der Waals surface area contributed by atoms with E-state index in [4.69, 9.17) is 19.9 Å². The summed E-state index contributed by atoms with van der Waals surface area (Å²) in [7, 11) is 0. The molecule has 0 saturated carbocycles. The van der Waals surface area contributed by atoms with Gasteiger partial charge in [-0.3, -0.25) is 0 Å². The summed E-state index contributed by atoms with van der Waals surface area (Å²) in [5, 5.41) is 11.4. The van der Waals surface area contributed by atoms with Crippen LogP contribution in [0.1, 0.15) is 40.8 Å². The fourth-order valence-corrected chi connectivity index (χ4v) is 3.99. The smallest absolute Gasteiger partial charge is 0.167 e. The Labute approximate surface area is 145 Å². The van der Waals surface area contributed by atoms with Gasteiger partial charge in [-0.05, 0) is 40.7 Å². The van der Waals surface area contributed by atoms with Gasteiger partial charge in [0.2, 0.25) is 0 Å². The van der Waals surface area contributed by atoms with Crippen LogP contribution in [0, 0.1) is 0 Å². The minimum absolute atomic E-state index is 0.409.